The standard InChI is InChI=1S/C15H15N3O2/c1-10(2)20-13-5-3-4-11(8-13)14-7-6-12-9-16-15(19)17-18(12)14/h3-10H,1-2H3,(H,17,19). The van der Waals surface area contributed by atoms with E-state index in [4.69, 9.17) is 4.74 Å². The Morgan fingerprint density at radius 2 is 2.05 bits per heavy atom. The van der Waals surface area contributed by atoms with Crippen LogP contribution in [0.3, 0.4) is 0 Å². The molecule has 5 nitrogen and oxygen atoms in total. The fourth-order valence-corrected chi connectivity index (χ4v) is 2.11. The van der Waals surface area contributed by atoms with Crippen LogP contribution in [0.1, 0.15) is 13.8 Å². The molecule has 3 aromatic rings. The molecule has 0 saturated carbocycles. The molecule has 1 N–H and O–H groups in total. The van der Waals surface area contributed by atoms with E-state index in [9.17, 15) is 5.11 Å². The van der Waals surface area contributed by atoms with Crippen LogP contribution in [0.25, 0.3) is 16.8 Å². The van der Waals surface area contributed by atoms with Crippen LogP contribution in [0.15, 0.2) is 42.6 Å². The topological polar surface area (TPSA) is 59.7 Å². The van der Waals surface area contributed by atoms with Crippen LogP contribution in [-0.2, 0) is 0 Å². The second kappa shape index (κ2) is 4.85. The normalized spacial score (nSPS) is 11.2. The summed E-state index contributed by atoms with van der Waals surface area (Å²) in [5.74, 6) is 0.811. The number of aromatic nitrogens is 3. The van der Waals surface area contributed by atoms with Gasteiger partial charge in [0.15, 0.2) is 0 Å². The first kappa shape index (κ1) is 12.5. The molecule has 0 radical (unpaired) electrons. The molecular weight excluding hydrogens is 254 g/mol. The molecule has 20 heavy (non-hydrogen) atoms. The minimum absolute atomic E-state index is 0.126. The lowest BCUT2D eigenvalue weighted by Gasteiger charge is -2.10. The minimum Gasteiger partial charge on any atom is -0.491 e. The molecule has 0 fully saturated rings. The zero-order chi connectivity index (χ0) is 14.1. The average Bonchev–Trinajstić information content (AvgIpc) is 2.81. The van der Waals surface area contributed by atoms with Crippen LogP contribution >= 0.6 is 0 Å². The Kier molecular flexibility index (Phi) is 3.02. The molecule has 2 aromatic heterocycles. The van der Waals surface area contributed by atoms with Gasteiger partial charge in [0.25, 0.3) is 0 Å². The lowest BCUT2D eigenvalue weighted by atomic mass is 10.1. The van der Waals surface area contributed by atoms with Crippen LogP contribution < -0.4 is 4.74 Å². The first-order valence-electron chi connectivity index (χ1n) is 6.44. The van der Waals surface area contributed by atoms with E-state index in [-0.39, 0.29) is 12.1 Å². The van der Waals surface area contributed by atoms with E-state index in [1.807, 2.05) is 50.2 Å². The summed E-state index contributed by atoms with van der Waals surface area (Å²) in [5, 5.41) is 13.4. The van der Waals surface area contributed by atoms with Crippen LogP contribution in [-0.4, -0.2) is 25.8 Å². The zero-order valence-corrected chi connectivity index (χ0v) is 11.3. The Bertz CT molecular complexity index is 750. The number of benzene rings is 1. The van der Waals surface area contributed by atoms with Crippen LogP contribution in [0, 0.1) is 0 Å². The van der Waals surface area contributed by atoms with Gasteiger partial charge in [0, 0.05) is 5.56 Å². The minimum atomic E-state index is -0.246. The van der Waals surface area contributed by atoms with Crippen molar-refractivity contribution in [2.24, 2.45) is 0 Å². The fourth-order valence-electron chi connectivity index (χ4n) is 2.11. The van der Waals surface area contributed by atoms with Gasteiger partial charge in [-0.3, -0.25) is 0 Å². The van der Waals surface area contributed by atoms with Gasteiger partial charge in [-0.2, -0.15) is 0 Å². The Morgan fingerprint density at radius 1 is 1.20 bits per heavy atom. The fraction of sp³-hybridized carbons (Fsp3) is 0.200. The van der Waals surface area contributed by atoms with Crippen molar-refractivity contribution in [2.75, 3.05) is 0 Å². The highest BCUT2D eigenvalue weighted by molar-refractivity contribution is 5.67. The molecule has 2 heterocycles. The van der Waals surface area contributed by atoms with Crippen molar-refractivity contribution in [1.82, 2.24) is 14.6 Å². The highest BCUT2D eigenvalue weighted by Crippen LogP contribution is 2.26. The Morgan fingerprint density at radius 3 is 2.85 bits per heavy atom. The maximum Gasteiger partial charge on any atom is 0.331 e. The monoisotopic (exact) mass is 269 g/mol. The van der Waals surface area contributed by atoms with Crippen molar-refractivity contribution in [3.8, 4) is 23.0 Å². The van der Waals surface area contributed by atoms with E-state index in [0.717, 1.165) is 22.5 Å². The first-order chi connectivity index (χ1) is 9.63. The molecule has 102 valence electrons. The number of aromatic hydroxyl groups is 1. The molecule has 5 heteroatoms. The summed E-state index contributed by atoms with van der Waals surface area (Å²) in [5.41, 5.74) is 2.68. The van der Waals surface area contributed by atoms with Crippen molar-refractivity contribution in [2.45, 2.75) is 20.0 Å². The Balaban J connectivity index is 2.08. The molecule has 0 aliphatic rings. The van der Waals surface area contributed by atoms with Gasteiger partial charge in [0.05, 0.1) is 23.5 Å². The number of hydrogen-bond acceptors (Lipinski definition) is 4. The number of fused-ring (bicyclic) bond motifs is 1. The van der Waals surface area contributed by atoms with E-state index in [0.29, 0.717) is 0 Å². The third kappa shape index (κ3) is 2.30. The van der Waals surface area contributed by atoms with E-state index >= 15 is 0 Å². The summed E-state index contributed by atoms with van der Waals surface area (Å²) in [4.78, 5) is 3.77. The SMILES string of the molecule is CC(C)Oc1cccc(-c2ccc3cnc(O)nn23)c1. The van der Waals surface area contributed by atoms with Gasteiger partial charge in [0.1, 0.15) is 5.75 Å². The highest BCUT2D eigenvalue weighted by atomic mass is 16.5. The van der Waals surface area contributed by atoms with Crippen LogP contribution in [0.2, 0.25) is 0 Å². The summed E-state index contributed by atoms with van der Waals surface area (Å²) in [6.45, 7) is 3.98. The van der Waals surface area contributed by atoms with Crippen molar-refractivity contribution >= 4 is 5.52 Å². The van der Waals surface area contributed by atoms with E-state index in [1.165, 1.54) is 0 Å². The summed E-state index contributed by atoms with van der Waals surface area (Å²) < 4.78 is 7.36. The zero-order valence-electron chi connectivity index (χ0n) is 11.3. The molecule has 1 aromatic carbocycles. The van der Waals surface area contributed by atoms with Gasteiger partial charge in [-0.25, -0.2) is 9.50 Å². The maximum absolute atomic E-state index is 9.43. The molecule has 0 bridgehead atoms. The number of hydrogen-bond donors (Lipinski definition) is 1. The summed E-state index contributed by atoms with van der Waals surface area (Å²) in [6, 6.07) is 11.4. The van der Waals surface area contributed by atoms with Crippen molar-refractivity contribution in [3.63, 3.8) is 0 Å². The smallest absolute Gasteiger partial charge is 0.331 e. The Hall–Kier alpha value is -2.56. The van der Waals surface area contributed by atoms with Crippen molar-refractivity contribution < 1.29 is 9.84 Å². The maximum atomic E-state index is 9.43. The van der Waals surface area contributed by atoms with E-state index in [2.05, 4.69) is 10.1 Å². The van der Waals surface area contributed by atoms with Gasteiger partial charge in [-0.05, 0) is 38.1 Å². The van der Waals surface area contributed by atoms with Crippen molar-refractivity contribution in [1.29, 1.82) is 0 Å². The molecule has 3 rings (SSSR count). The summed E-state index contributed by atoms with van der Waals surface area (Å²) in [6.07, 6.45) is 1.71. The number of ether oxygens (including phenoxy) is 1. The van der Waals surface area contributed by atoms with Gasteiger partial charge >= 0.3 is 6.01 Å². The lowest BCUT2D eigenvalue weighted by molar-refractivity contribution is 0.242. The Labute approximate surface area is 116 Å². The molecular formula is C15H15N3O2. The van der Waals surface area contributed by atoms with E-state index in [1.54, 1.807) is 10.7 Å². The quantitative estimate of drug-likeness (QED) is 0.794. The third-order valence-electron chi connectivity index (χ3n) is 2.89. The molecule has 0 aliphatic heterocycles. The van der Waals surface area contributed by atoms with Crippen molar-refractivity contribution in [3.05, 3.63) is 42.6 Å². The predicted octanol–water partition coefficient (Wildman–Crippen LogP) is 2.89. The summed E-state index contributed by atoms with van der Waals surface area (Å²) >= 11 is 0. The summed E-state index contributed by atoms with van der Waals surface area (Å²) in [7, 11) is 0. The molecule has 0 spiro atoms. The second-order valence-corrected chi connectivity index (χ2v) is 4.81. The second-order valence-electron chi connectivity index (χ2n) is 4.81. The lowest BCUT2D eigenvalue weighted by Crippen LogP contribution is -2.05. The highest BCUT2D eigenvalue weighted by Gasteiger charge is 2.08. The molecule has 0 saturated heterocycles. The van der Waals surface area contributed by atoms with Gasteiger partial charge < -0.3 is 9.84 Å². The molecule has 0 aliphatic carbocycles. The van der Waals surface area contributed by atoms with Gasteiger partial charge in [0.2, 0.25) is 0 Å². The largest absolute Gasteiger partial charge is 0.491 e. The third-order valence-corrected chi connectivity index (χ3v) is 2.89. The van der Waals surface area contributed by atoms with E-state index < -0.39 is 0 Å². The van der Waals surface area contributed by atoms with Crippen LogP contribution in [0.5, 0.6) is 11.8 Å². The number of nitrogens with zero attached hydrogens (tertiary/aromatic N) is 3. The first-order valence-corrected chi connectivity index (χ1v) is 6.44. The molecule has 0 amide bonds. The van der Waals surface area contributed by atoms with Gasteiger partial charge in [-0.15, -0.1) is 5.10 Å². The average molecular weight is 269 g/mol. The van der Waals surface area contributed by atoms with Crippen LogP contribution in [0.4, 0.5) is 0 Å². The number of rotatable bonds is 3. The molecule has 0 unspecified atom stereocenters. The molecule has 0 atom stereocenters. The van der Waals surface area contributed by atoms with Gasteiger partial charge in [-0.1, -0.05) is 12.1 Å². The predicted molar refractivity (Wildman–Crippen MR) is 75.9 cm³/mol.